The summed E-state index contributed by atoms with van der Waals surface area (Å²) in [6.45, 7) is 6.83. The topological polar surface area (TPSA) is 52.6 Å². The summed E-state index contributed by atoms with van der Waals surface area (Å²) in [5.74, 6) is -0.423. The average Bonchev–Trinajstić information content (AvgIpc) is 2.44. The Balaban J connectivity index is 1.99. The molecular formula is C16H23FN2O2. The van der Waals surface area contributed by atoms with Crippen LogP contribution in [0.2, 0.25) is 0 Å². The van der Waals surface area contributed by atoms with E-state index >= 15 is 0 Å². The Bertz CT molecular complexity index is 521. The molecule has 21 heavy (non-hydrogen) atoms. The smallest absolute Gasteiger partial charge is 0.241 e. The van der Waals surface area contributed by atoms with Gasteiger partial charge in [-0.3, -0.25) is 9.69 Å². The molecule has 1 heterocycles. The Hall–Kier alpha value is -1.46. The van der Waals surface area contributed by atoms with Crippen LogP contribution in [0, 0.1) is 18.7 Å². The van der Waals surface area contributed by atoms with Crippen molar-refractivity contribution < 1.29 is 14.3 Å². The van der Waals surface area contributed by atoms with Crippen molar-refractivity contribution in [1.29, 1.82) is 0 Å². The highest BCUT2D eigenvalue weighted by Crippen LogP contribution is 2.20. The molecule has 0 aliphatic carbocycles. The van der Waals surface area contributed by atoms with Crippen LogP contribution >= 0.6 is 0 Å². The zero-order chi connectivity index (χ0) is 15.6. The number of aliphatic hydroxyl groups is 1. The van der Waals surface area contributed by atoms with E-state index in [-0.39, 0.29) is 17.5 Å². The van der Waals surface area contributed by atoms with Gasteiger partial charge >= 0.3 is 0 Å². The number of hydrogen-bond donors (Lipinski definition) is 2. The van der Waals surface area contributed by atoms with Crippen molar-refractivity contribution in [3.05, 3.63) is 29.6 Å². The molecule has 2 N–H and O–H groups in total. The van der Waals surface area contributed by atoms with E-state index in [1.165, 1.54) is 6.07 Å². The van der Waals surface area contributed by atoms with Gasteiger partial charge in [0, 0.05) is 6.54 Å². The molecule has 2 rings (SSSR count). The second kappa shape index (κ2) is 6.54. The van der Waals surface area contributed by atoms with Crippen molar-refractivity contribution in [3.8, 4) is 0 Å². The molecule has 0 radical (unpaired) electrons. The first-order valence-corrected chi connectivity index (χ1v) is 7.37. The molecule has 0 spiro atoms. The maximum Gasteiger partial charge on any atom is 0.241 e. The molecule has 0 aromatic heterocycles. The number of aliphatic hydroxyl groups excluding tert-OH is 1. The molecular weight excluding hydrogens is 271 g/mol. The minimum atomic E-state index is -0.428. The fourth-order valence-corrected chi connectivity index (χ4v) is 2.55. The van der Waals surface area contributed by atoms with Crippen LogP contribution in [0.4, 0.5) is 10.1 Å². The third-order valence-electron chi connectivity index (χ3n) is 4.26. The van der Waals surface area contributed by atoms with Crippen molar-refractivity contribution in [3.63, 3.8) is 0 Å². The number of benzene rings is 1. The van der Waals surface area contributed by atoms with Crippen LogP contribution in [0.15, 0.2) is 18.2 Å². The number of halogens is 1. The number of likely N-dealkylation sites (tertiary alicyclic amines) is 1. The van der Waals surface area contributed by atoms with E-state index < -0.39 is 18.0 Å². The van der Waals surface area contributed by atoms with E-state index in [0.29, 0.717) is 6.54 Å². The summed E-state index contributed by atoms with van der Waals surface area (Å²) in [6, 6.07) is 4.33. The van der Waals surface area contributed by atoms with Crippen LogP contribution in [0.25, 0.3) is 0 Å². The molecule has 3 unspecified atom stereocenters. The third-order valence-corrected chi connectivity index (χ3v) is 4.26. The highest BCUT2D eigenvalue weighted by Gasteiger charge is 2.30. The first-order chi connectivity index (χ1) is 9.88. The lowest BCUT2D eigenvalue weighted by atomic mass is 9.95. The average molecular weight is 294 g/mol. The zero-order valence-corrected chi connectivity index (χ0v) is 12.8. The molecule has 116 valence electrons. The Morgan fingerprint density at radius 2 is 2.24 bits per heavy atom. The normalized spacial score (nSPS) is 24.6. The summed E-state index contributed by atoms with van der Waals surface area (Å²) in [6.07, 6.45) is 0.447. The lowest BCUT2D eigenvalue weighted by Crippen LogP contribution is -2.50. The monoisotopic (exact) mass is 294 g/mol. The standard InChI is InChI=1S/C16H23FN2O2/c1-10-4-5-14(13(17)8-10)18-16(21)12(3)19-7-6-11(2)15(20)9-19/h4-5,8,11-12,15,20H,6-7,9H2,1-3H3,(H,18,21). The zero-order valence-electron chi connectivity index (χ0n) is 12.8. The molecule has 3 atom stereocenters. The first kappa shape index (κ1) is 15.9. The predicted octanol–water partition coefficient (Wildman–Crippen LogP) is 2.16. The van der Waals surface area contributed by atoms with E-state index in [1.54, 1.807) is 26.0 Å². The fraction of sp³-hybridized carbons (Fsp3) is 0.562. The van der Waals surface area contributed by atoms with Gasteiger partial charge in [-0.15, -0.1) is 0 Å². The summed E-state index contributed by atoms with van der Waals surface area (Å²) >= 11 is 0. The van der Waals surface area contributed by atoms with Crippen LogP contribution in [0.1, 0.15) is 25.8 Å². The number of nitrogens with zero attached hydrogens (tertiary/aromatic N) is 1. The Kier molecular flexibility index (Phi) is 4.96. The van der Waals surface area contributed by atoms with E-state index in [4.69, 9.17) is 0 Å². The van der Waals surface area contributed by atoms with Gasteiger partial charge in [-0.2, -0.15) is 0 Å². The van der Waals surface area contributed by atoms with Gasteiger partial charge in [0.1, 0.15) is 5.82 Å². The maximum atomic E-state index is 13.8. The molecule has 1 saturated heterocycles. The van der Waals surface area contributed by atoms with Gasteiger partial charge in [-0.05, 0) is 50.4 Å². The van der Waals surface area contributed by atoms with Gasteiger partial charge in [-0.25, -0.2) is 4.39 Å². The second-order valence-electron chi connectivity index (χ2n) is 5.98. The number of aryl methyl sites for hydroxylation is 1. The summed E-state index contributed by atoms with van der Waals surface area (Å²) in [4.78, 5) is 14.2. The van der Waals surface area contributed by atoms with Crippen molar-refractivity contribution in [2.45, 2.75) is 39.3 Å². The summed E-state index contributed by atoms with van der Waals surface area (Å²) in [7, 11) is 0. The number of hydrogen-bond acceptors (Lipinski definition) is 3. The van der Waals surface area contributed by atoms with Crippen LogP contribution in [-0.4, -0.2) is 41.1 Å². The van der Waals surface area contributed by atoms with Gasteiger partial charge < -0.3 is 10.4 Å². The molecule has 0 saturated carbocycles. The SMILES string of the molecule is Cc1ccc(NC(=O)C(C)N2CCC(C)C(O)C2)c(F)c1. The largest absolute Gasteiger partial charge is 0.392 e. The number of β-amino-alcohol motifs (C(OH)–C–C–N with tert-alkyl or cyclic N) is 1. The lowest BCUT2D eigenvalue weighted by molar-refractivity contribution is -0.122. The van der Waals surface area contributed by atoms with Crippen LogP contribution in [0.5, 0.6) is 0 Å². The third kappa shape index (κ3) is 3.80. The van der Waals surface area contributed by atoms with Crippen molar-refractivity contribution in [2.75, 3.05) is 18.4 Å². The number of piperidine rings is 1. The molecule has 1 aliphatic heterocycles. The van der Waals surface area contributed by atoms with E-state index in [1.807, 2.05) is 11.8 Å². The molecule has 1 fully saturated rings. The molecule has 5 heteroatoms. The molecule has 1 aromatic rings. The van der Waals surface area contributed by atoms with Crippen LogP contribution < -0.4 is 5.32 Å². The van der Waals surface area contributed by atoms with E-state index in [9.17, 15) is 14.3 Å². The van der Waals surface area contributed by atoms with Crippen LogP contribution in [-0.2, 0) is 4.79 Å². The molecule has 4 nitrogen and oxygen atoms in total. The van der Waals surface area contributed by atoms with Gasteiger partial charge in [0.15, 0.2) is 0 Å². The summed E-state index contributed by atoms with van der Waals surface area (Å²) in [5.41, 5.74) is 1.01. The molecule has 1 amide bonds. The summed E-state index contributed by atoms with van der Waals surface area (Å²) in [5, 5.41) is 12.5. The number of rotatable bonds is 3. The van der Waals surface area contributed by atoms with Gasteiger partial charge in [0.25, 0.3) is 0 Å². The lowest BCUT2D eigenvalue weighted by Gasteiger charge is -2.37. The Morgan fingerprint density at radius 3 is 2.86 bits per heavy atom. The highest BCUT2D eigenvalue weighted by atomic mass is 19.1. The number of carbonyl (C=O) groups excluding carboxylic acids is 1. The highest BCUT2D eigenvalue weighted by molar-refractivity contribution is 5.94. The Labute approximate surface area is 125 Å². The predicted molar refractivity (Wildman–Crippen MR) is 80.6 cm³/mol. The molecule has 1 aromatic carbocycles. The molecule has 1 aliphatic rings. The van der Waals surface area contributed by atoms with Gasteiger partial charge in [0.2, 0.25) is 5.91 Å². The Morgan fingerprint density at radius 1 is 1.52 bits per heavy atom. The van der Waals surface area contributed by atoms with Crippen molar-refractivity contribution in [1.82, 2.24) is 4.90 Å². The molecule has 0 bridgehead atoms. The quantitative estimate of drug-likeness (QED) is 0.898. The van der Waals surface area contributed by atoms with Crippen molar-refractivity contribution in [2.24, 2.45) is 5.92 Å². The first-order valence-electron chi connectivity index (χ1n) is 7.37. The number of nitrogens with one attached hydrogen (secondary N) is 1. The second-order valence-corrected chi connectivity index (χ2v) is 5.98. The number of anilines is 1. The minimum absolute atomic E-state index is 0.198. The minimum Gasteiger partial charge on any atom is -0.392 e. The van der Waals surface area contributed by atoms with E-state index in [0.717, 1.165) is 18.5 Å². The van der Waals surface area contributed by atoms with Crippen molar-refractivity contribution >= 4 is 11.6 Å². The summed E-state index contributed by atoms with van der Waals surface area (Å²) < 4.78 is 13.8. The fourth-order valence-electron chi connectivity index (χ4n) is 2.55. The van der Waals surface area contributed by atoms with Gasteiger partial charge in [-0.1, -0.05) is 13.0 Å². The number of carbonyl (C=O) groups is 1. The van der Waals surface area contributed by atoms with Gasteiger partial charge in [0.05, 0.1) is 17.8 Å². The number of amides is 1. The van der Waals surface area contributed by atoms with E-state index in [2.05, 4.69) is 5.32 Å². The van der Waals surface area contributed by atoms with Crippen LogP contribution in [0.3, 0.4) is 0 Å². The maximum absolute atomic E-state index is 13.8.